The topological polar surface area (TPSA) is 29.1 Å². The average molecular weight is 251 g/mol. The number of thiophene rings is 1. The van der Waals surface area contributed by atoms with Gasteiger partial charge in [0.05, 0.1) is 0 Å². The Morgan fingerprint density at radius 1 is 1.47 bits per heavy atom. The quantitative estimate of drug-likeness (QED) is 0.842. The highest BCUT2D eigenvalue weighted by Crippen LogP contribution is 2.17. The number of rotatable bonds is 6. The van der Waals surface area contributed by atoms with E-state index in [2.05, 4.69) is 22.1 Å². The van der Waals surface area contributed by atoms with Gasteiger partial charge in [-0.3, -0.25) is 4.79 Å². The van der Waals surface area contributed by atoms with Crippen LogP contribution in [0.3, 0.4) is 0 Å². The first-order valence-electron chi connectivity index (χ1n) is 6.58. The highest BCUT2D eigenvalue weighted by Gasteiger charge is 2.14. The Labute approximate surface area is 107 Å². The second kappa shape index (κ2) is 6.92. The first kappa shape index (κ1) is 12.8. The van der Waals surface area contributed by atoms with Gasteiger partial charge >= 0.3 is 0 Å². The number of hydrogen-bond donors (Lipinski definition) is 1. The summed E-state index contributed by atoms with van der Waals surface area (Å²) < 4.78 is 0. The summed E-state index contributed by atoms with van der Waals surface area (Å²) >= 11 is 1.71. The third-order valence-electron chi connectivity index (χ3n) is 3.50. The molecule has 0 aromatic carbocycles. The number of ketones is 1. The molecule has 1 unspecified atom stereocenters. The van der Waals surface area contributed by atoms with Crippen molar-refractivity contribution < 1.29 is 4.79 Å². The van der Waals surface area contributed by atoms with Crippen molar-refractivity contribution in [3.8, 4) is 0 Å². The van der Waals surface area contributed by atoms with Crippen LogP contribution in [0.5, 0.6) is 0 Å². The van der Waals surface area contributed by atoms with Crippen molar-refractivity contribution in [3.63, 3.8) is 0 Å². The minimum atomic E-state index is 0.432. The maximum absolute atomic E-state index is 11.8. The molecule has 0 bridgehead atoms. The number of carbonyl (C=O) groups is 1. The van der Waals surface area contributed by atoms with Crippen LogP contribution in [-0.4, -0.2) is 18.9 Å². The summed E-state index contributed by atoms with van der Waals surface area (Å²) in [5.74, 6) is 1.16. The normalized spacial score (nSPS) is 20.4. The molecule has 1 atom stereocenters. The molecule has 1 aromatic heterocycles. The molecular formula is C14H21NOS. The summed E-state index contributed by atoms with van der Waals surface area (Å²) in [6, 6.07) is 2.11. The predicted molar refractivity (Wildman–Crippen MR) is 72.5 cm³/mol. The van der Waals surface area contributed by atoms with Gasteiger partial charge in [0, 0.05) is 12.8 Å². The van der Waals surface area contributed by atoms with E-state index < -0.39 is 0 Å². The highest BCUT2D eigenvalue weighted by molar-refractivity contribution is 7.07. The van der Waals surface area contributed by atoms with Crippen LogP contribution in [0.4, 0.5) is 0 Å². The van der Waals surface area contributed by atoms with Gasteiger partial charge in [0.2, 0.25) is 0 Å². The van der Waals surface area contributed by atoms with E-state index in [0.717, 1.165) is 44.7 Å². The Morgan fingerprint density at radius 3 is 3.12 bits per heavy atom. The molecule has 0 radical (unpaired) electrons. The smallest absolute Gasteiger partial charge is 0.133 e. The highest BCUT2D eigenvalue weighted by atomic mass is 32.1. The van der Waals surface area contributed by atoms with Gasteiger partial charge in [-0.15, -0.1) is 0 Å². The van der Waals surface area contributed by atoms with Crippen molar-refractivity contribution in [3.05, 3.63) is 22.4 Å². The molecule has 1 fully saturated rings. The molecule has 0 saturated carbocycles. The average Bonchev–Trinajstić information content (AvgIpc) is 2.88. The van der Waals surface area contributed by atoms with Crippen molar-refractivity contribution in [2.75, 3.05) is 13.1 Å². The molecule has 3 heteroatoms. The first-order chi connectivity index (χ1) is 8.34. The Balaban J connectivity index is 1.60. The lowest BCUT2D eigenvalue weighted by Crippen LogP contribution is -2.30. The standard InChI is InChI=1S/C14H21NOS/c16-14(6-4-13-7-9-17-11-13)5-3-12-2-1-8-15-10-12/h7,9,11-12,15H,1-6,8,10H2. The van der Waals surface area contributed by atoms with Gasteiger partial charge in [-0.25, -0.2) is 0 Å². The van der Waals surface area contributed by atoms with Gasteiger partial charge < -0.3 is 5.32 Å². The van der Waals surface area contributed by atoms with Crippen LogP contribution in [0.25, 0.3) is 0 Å². The van der Waals surface area contributed by atoms with Gasteiger partial charge in [0.25, 0.3) is 0 Å². The Bertz CT molecular complexity index is 328. The van der Waals surface area contributed by atoms with Crippen LogP contribution in [0.1, 0.15) is 37.7 Å². The number of aryl methyl sites for hydroxylation is 1. The van der Waals surface area contributed by atoms with Crippen LogP contribution in [0.15, 0.2) is 16.8 Å². The van der Waals surface area contributed by atoms with Gasteiger partial charge in [0.1, 0.15) is 5.78 Å². The minimum absolute atomic E-state index is 0.432. The van der Waals surface area contributed by atoms with Gasteiger partial charge in [0.15, 0.2) is 0 Å². The van der Waals surface area contributed by atoms with Crippen molar-refractivity contribution >= 4 is 17.1 Å². The Morgan fingerprint density at radius 2 is 2.41 bits per heavy atom. The van der Waals surface area contributed by atoms with E-state index in [1.807, 2.05) is 0 Å². The molecular weight excluding hydrogens is 230 g/mol. The first-order valence-corrected chi connectivity index (χ1v) is 7.52. The fourth-order valence-corrected chi connectivity index (χ4v) is 3.08. The number of nitrogens with one attached hydrogen (secondary N) is 1. The zero-order valence-corrected chi connectivity index (χ0v) is 11.1. The lowest BCUT2D eigenvalue weighted by molar-refractivity contribution is -0.119. The number of carbonyl (C=O) groups excluding carboxylic acids is 1. The molecule has 2 rings (SSSR count). The maximum atomic E-state index is 11.8. The van der Waals surface area contributed by atoms with Crippen LogP contribution < -0.4 is 5.32 Å². The molecule has 1 aromatic rings. The summed E-state index contributed by atoms with van der Waals surface area (Å²) in [5.41, 5.74) is 1.31. The van der Waals surface area contributed by atoms with Crippen molar-refractivity contribution in [1.82, 2.24) is 5.32 Å². The molecule has 2 nitrogen and oxygen atoms in total. The molecule has 0 spiro atoms. The van der Waals surface area contributed by atoms with Crippen LogP contribution in [0.2, 0.25) is 0 Å². The van der Waals surface area contributed by atoms with E-state index in [1.165, 1.54) is 18.4 Å². The van der Waals surface area contributed by atoms with Crippen LogP contribution in [0, 0.1) is 5.92 Å². The fourth-order valence-electron chi connectivity index (χ4n) is 2.38. The monoisotopic (exact) mass is 251 g/mol. The van der Waals surface area contributed by atoms with Crippen LogP contribution >= 0.6 is 11.3 Å². The number of hydrogen-bond acceptors (Lipinski definition) is 3. The summed E-state index contributed by atoms with van der Waals surface area (Å²) in [7, 11) is 0. The van der Waals surface area contributed by atoms with Crippen LogP contribution in [-0.2, 0) is 11.2 Å². The van der Waals surface area contributed by atoms with Crippen molar-refractivity contribution in [1.29, 1.82) is 0 Å². The molecule has 1 saturated heterocycles. The van der Waals surface area contributed by atoms with E-state index in [4.69, 9.17) is 0 Å². The zero-order chi connectivity index (χ0) is 11.9. The molecule has 17 heavy (non-hydrogen) atoms. The summed E-state index contributed by atoms with van der Waals surface area (Å²) in [6.07, 6.45) is 6.06. The predicted octanol–water partition coefficient (Wildman–Crippen LogP) is 3.03. The summed E-state index contributed by atoms with van der Waals surface area (Å²) in [4.78, 5) is 11.8. The van der Waals surface area contributed by atoms with Gasteiger partial charge in [-0.2, -0.15) is 11.3 Å². The summed E-state index contributed by atoms with van der Waals surface area (Å²) in [6.45, 7) is 2.26. The van der Waals surface area contributed by atoms with E-state index in [-0.39, 0.29) is 0 Å². The summed E-state index contributed by atoms with van der Waals surface area (Å²) in [5, 5.41) is 7.62. The number of piperidine rings is 1. The lowest BCUT2D eigenvalue weighted by atomic mass is 9.93. The van der Waals surface area contributed by atoms with E-state index in [9.17, 15) is 4.79 Å². The van der Waals surface area contributed by atoms with E-state index in [0.29, 0.717) is 5.78 Å². The minimum Gasteiger partial charge on any atom is -0.316 e. The van der Waals surface area contributed by atoms with Crippen molar-refractivity contribution in [2.45, 2.75) is 38.5 Å². The molecule has 94 valence electrons. The zero-order valence-electron chi connectivity index (χ0n) is 10.3. The Kier molecular flexibility index (Phi) is 5.20. The molecule has 1 N–H and O–H groups in total. The molecule has 0 aliphatic carbocycles. The van der Waals surface area contributed by atoms with E-state index >= 15 is 0 Å². The second-order valence-electron chi connectivity index (χ2n) is 4.92. The molecule has 1 aliphatic rings. The SMILES string of the molecule is O=C(CCc1ccsc1)CCC1CCCNC1. The molecule has 1 aliphatic heterocycles. The lowest BCUT2D eigenvalue weighted by Gasteiger charge is -2.22. The third-order valence-corrected chi connectivity index (χ3v) is 4.24. The van der Waals surface area contributed by atoms with Gasteiger partial charge in [-0.05, 0) is 67.1 Å². The Hall–Kier alpha value is -0.670. The largest absolute Gasteiger partial charge is 0.316 e. The fraction of sp³-hybridized carbons (Fsp3) is 0.643. The maximum Gasteiger partial charge on any atom is 0.133 e. The third kappa shape index (κ3) is 4.60. The van der Waals surface area contributed by atoms with Crippen molar-refractivity contribution in [2.24, 2.45) is 5.92 Å². The second-order valence-corrected chi connectivity index (χ2v) is 5.70. The molecule has 2 heterocycles. The molecule has 0 amide bonds. The number of Topliss-reactive ketones (excluding diaryl/α,β-unsaturated/α-hetero) is 1. The van der Waals surface area contributed by atoms with E-state index in [1.54, 1.807) is 11.3 Å². The van der Waals surface area contributed by atoms with Gasteiger partial charge in [-0.1, -0.05) is 0 Å².